The zero-order valence-corrected chi connectivity index (χ0v) is 6.71. The summed E-state index contributed by atoms with van der Waals surface area (Å²) >= 11 is 0. The van der Waals surface area contributed by atoms with Gasteiger partial charge in [0.1, 0.15) is 11.0 Å². The molecule has 1 N–H and O–H groups in total. The molecule has 0 aromatic heterocycles. The van der Waals surface area contributed by atoms with Gasteiger partial charge in [-0.1, -0.05) is 6.08 Å². The number of nitrogens with one attached hydrogen (secondary N) is 1. The summed E-state index contributed by atoms with van der Waals surface area (Å²) in [7, 11) is 7.26. The van der Waals surface area contributed by atoms with Crippen LogP contribution in [0.25, 0.3) is 0 Å². The van der Waals surface area contributed by atoms with Crippen LogP contribution < -0.4 is 4.72 Å². The smallest absolute Gasteiger partial charge is 0.142 e. The Hall–Kier alpha value is 0.01000. The predicted octanol–water partition coefficient (Wildman–Crippen LogP) is 1.66. The molecule has 0 spiro atoms. The molecule has 1 rings (SSSR count). The topological polar surface area (TPSA) is 29.1 Å². The fourth-order valence-corrected chi connectivity index (χ4v) is 0.843. The van der Waals surface area contributed by atoms with Gasteiger partial charge < -0.3 is 4.72 Å². The highest BCUT2D eigenvalue weighted by Gasteiger charge is 1.87. The van der Waals surface area contributed by atoms with Gasteiger partial charge in [-0.25, -0.2) is 4.21 Å². The molecule has 0 aromatic rings. The van der Waals surface area contributed by atoms with Crippen LogP contribution in [0.15, 0.2) is 23.8 Å². The van der Waals surface area contributed by atoms with Crippen LogP contribution in [0.3, 0.4) is 0 Å². The molecule has 5 heteroatoms. The molecule has 0 aromatic carbocycles. The van der Waals surface area contributed by atoms with Crippen LogP contribution in [0, 0.1) is 0 Å². The molecule has 0 saturated heterocycles. The van der Waals surface area contributed by atoms with Crippen LogP contribution >= 0.6 is 21.7 Å². The molecule has 0 aliphatic carbocycles. The molecule has 0 saturated carbocycles. The zero-order valence-electron chi connectivity index (χ0n) is 4.38. The molecule has 9 heavy (non-hydrogen) atoms. The average molecular weight is 186 g/mol. The van der Waals surface area contributed by atoms with Gasteiger partial charge in [-0.2, -0.15) is 0 Å². The minimum absolute atomic E-state index is 0.958. The number of rotatable bonds is 0. The lowest BCUT2D eigenvalue weighted by molar-refractivity contribution is 0.685. The molecule has 1 atom stereocenters. The van der Waals surface area contributed by atoms with E-state index in [-0.39, 0.29) is 0 Å². The van der Waals surface area contributed by atoms with Crippen LogP contribution in [0.1, 0.15) is 0 Å². The van der Waals surface area contributed by atoms with Crippen molar-refractivity contribution in [2.24, 2.45) is 0 Å². The molecular formula is C4H5Cl2NOS. The monoisotopic (exact) mass is 185 g/mol. The Kier molecular flexibility index (Phi) is 6.14. The lowest BCUT2D eigenvalue weighted by Crippen LogP contribution is -2.07. The van der Waals surface area contributed by atoms with E-state index in [1.165, 1.54) is 0 Å². The normalized spacial score (nSPS) is 21.8. The third kappa shape index (κ3) is 4.51. The van der Waals surface area contributed by atoms with Gasteiger partial charge in [-0.15, -0.1) is 0 Å². The fourth-order valence-electron chi connectivity index (χ4n) is 0.318. The fraction of sp³-hybridized carbons (Fsp3) is 0. The molecule has 0 bridgehead atoms. The molecule has 1 heterocycles. The van der Waals surface area contributed by atoms with Crippen molar-refractivity contribution in [3.05, 3.63) is 23.8 Å². The van der Waals surface area contributed by atoms with E-state index < -0.39 is 11.0 Å². The van der Waals surface area contributed by atoms with Crippen LogP contribution in [-0.2, 0) is 11.0 Å². The summed E-state index contributed by atoms with van der Waals surface area (Å²) in [6.45, 7) is 0. The number of hydrogen-bond donors (Lipinski definition) is 1. The van der Waals surface area contributed by atoms with Crippen molar-refractivity contribution in [1.29, 1.82) is 0 Å². The quantitative estimate of drug-likeness (QED) is 0.612. The lowest BCUT2D eigenvalue weighted by Gasteiger charge is -1.94. The van der Waals surface area contributed by atoms with Crippen molar-refractivity contribution < 1.29 is 4.21 Å². The minimum atomic E-state index is -0.958. The highest BCUT2D eigenvalue weighted by atomic mass is 36.5. The van der Waals surface area contributed by atoms with Crippen LogP contribution in [0.2, 0.25) is 0 Å². The van der Waals surface area contributed by atoms with Gasteiger partial charge in [-0.3, -0.25) is 0 Å². The van der Waals surface area contributed by atoms with Crippen molar-refractivity contribution in [2.45, 2.75) is 0 Å². The second-order valence-electron chi connectivity index (χ2n) is 1.10. The van der Waals surface area contributed by atoms with Gasteiger partial charge >= 0.3 is 0 Å². The molecule has 0 amide bonds. The van der Waals surface area contributed by atoms with E-state index in [4.69, 9.17) is 0 Å². The van der Waals surface area contributed by atoms with E-state index in [0.29, 0.717) is 0 Å². The first-order valence-electron chi connectivity index (χ1n) is 2.04. The summed E-state index contributed by atoms with van der Waals surface area (Å²) in [5, 5.41) is 1.58. The van der Waals surface area contributed by atoms with E-state index in [0.717, 1.165) is 0 Å². The summed E-state index contributed by atoms with van der Waals surface area (Å²) in [5.41, 5.74) is 0. The maximum Gasteiger partial charge on any atom is 0.142 e. The van der Waals surface area contributed by atoms with Crippen molar-refractivity contribution in [1.82, 2.24) is 4.72 Å². The summed E-state index contributed by atoms with van der Waals surface area (Å²) in [6.07, 6.45) is 5.18. The van der Waals surface area contributed by atoms with Crippen molar-refractivity contribution in [3.63, 3.8) is 0 Å². The number of allylic oxidation sites excluding steroid dienone is 2. The first-order chi connectivity index (χ1) is 4.39. The number of halogens is 2. The summed E-state index contributed by atoms with van der Waals surface area (Å²) in [4.78, 5) is 0. The second-order valence-corrected chi connectivity index (χ2v) is 2.21. The Morgan fingerprint density at radius 3 is 2.22 bits per heavy atom. The maximum atomic E-state index is 10.3. The Morgan fingerprint density at radius 1 is 1.33 bits per heavy atom. The van der Waals surface area contributed by atoms with E-state index in [1.807, 2.05) is 0 Å². The summed E-state index contributed by atoms with van der Waals surface area (Å²) in [6, 6.07) is 0. The van der Waals surface area contributed by atoms with Gasteiger partial charge in [0.15, 0.2) is 0 Å². The van der Waals surface area contributed by atoms with E-state index in [1.54, 1.807) is 23.8 Å². The van der Waals surface area contributed by atoms with Gasteiger partial charge in [0.2, 0.25) is 0 Å². The molecule has 52 valence electrons. The Morgan fingerprint density at radius 2 is 2.00 bits per heavy atom. The third-order valence-corrected chi connectivity index (χ3v) is 1.37. The molecular weight excluding hydrogens is 181 g/mol. The first-order valence-corrected chi connectivity index (χ1v) is 4.39. The van der Waals surface area contributed by atoms with Crippen LogP contribution in [-0.4, -0.2) is 4.21 Å². The Bertz CT molecular complexity index is 146. The van der Waals surface area contributed by atoms with Gasteiger partial charge in [0.05, 0.1) is 0 Å². The van der Waals surface area contributed by atoms with E-state index in [9.17, 15) is 4.21 Å². The lowest BCUT2D eigenvalue weighted by atomic mass is 10.6. The van der Waals surface area contributed by atoms with Gasteiger partial charge in [0, 0.05) is 33.3 Å². The first kappa shape index (κ1) is 9.01. The van der Waals surface area contributed by atoms with Gasteiger partial charge in [0.25, 0.3) is 0 Å². The summed E-state index contributed by atoms with van der Waals surface area (Å²) in [5.74, 6) is 0. The van der Waals surface area contributed by atoms with Crippen molar-refractivity contribution >= 4 is 32.7 Å². The molecule has 0 fully saturated rings. The van der Waals surface area contributed by atoms with Crippen molar-refractivity contribution in [2.75, 3.05) is 0 Å². The molecule has 0 radical (unpaired) electrons. The zero-order chi connectivity index (χ0) is 7.11. The molecule has 2 nitrogen and oxygen atoms in total. The van der Waals surface area contributed by atoms with Crippen LogP contribution in [0.4, 0.5) is 0 Å². The highest BCUT2D eigenvalue weighted by Crippen LogP contribution is 1.86. The minimum Gasteiger partial charge on any atom is -0.308 e. The van der Waals surface area contributed by atoms with E-state index >= 15 is 0 Å². The second kappa shape index (κ2) is 6.13. The largest absolute Gasteiger partial charge is 0.308 e. The molecule has 1 unspecified atom stereocenters. The van der Waals surface area contributed by atoms with Crippen LogP contribution in [0.5, 0.6) is 0 Å². The highest BCUT2D eigenvalue weighted by molar-refractivity contribution is 7.86. The predicted molar refractivity (Wildman–Crippen MR) is 41.3 cm³/mol. The molecule has 1 aliphatic heterocycles. The third-order valence-electron chi connectivity index (χ3n) is 0.594. The SMILES string of the molecule is ClCl.O=S1C=CC=CN1. The van der Waals surface area contributed by atoms with Gasteiger partial charge in [-0.05, 0) is 6.08 Å². The number of hydrogen-bond acceptors (Lipinski definition) is 1. The maximum absolute atomic E-state index is 10.3. The Balaban J connectivity index is 0.000000291. The summed E-state index contributed by atoms with van der Waals surface area (Å²) < 4.78 is 12.9. The average Bonchev–Trinajstić information content (AvgIpc) is 1.94. The standard InChI is InChI=1S/C4H5NOS.Cl2/c6-7-4-2-1-3-5-7;1-2/h1-5H;. The van der Waals surface area contributed by atoms with E-state index in [2.05, 4.69) is 26.4 Å². The molecule has 1 aliphatic rings. The Labute approximate surface area is 65.7 Å². The van der Waals surface area contributed by atoms with Crippen molar-refractivity contribution in [3.8, 4) is 0 Å².